The van der Waals surface area contributed by atoms with Crippen molar-refractivity contribution in [2.45, 2.75) is 75.7 Å². The fraction of sp³-hybridized carbons (Fsp3) is 0.607. The van der Waals surface area contributed by atoms with E-state index in [0.29, 0.717) is 38.8 Å². The highest BCUT2D eigenvalue weighted by Gasteiger charge is 2.79. The van der Waals surface area contributed by atoms with Gasteiger partial charge < -0.3 is 24.7 Å². The van der Waals surface area contributed by atoms with E-state index in [1.165, 1.54) is 4.90 Å². The number of aliphatic hydroxyl groups excluding tert-OH is 1. The van der Waals surface area contributed by atoms with Gasteiger partial charge in [-0.05, 0) is 37.7 Å². The normalized spacial score (nSPS) is 31.4. The molecular formula is C28H38N2O6. The highest BCUT2D eigenvalue weighted by molar-refractivity contribution is 5.98. The Bertz CT molecular complexity index is 999. The van der Waals surface area contributed by atoms with E-state index in [1.54, 1.807) is 11.0 Å². The van der Waals surface area contributed by atoms with Crippen molar-refractivity contribution in [2.24, 2.45) is 11.8 Å². The first-order chi connectivity index (χ1) is 17.3. The molecule has 0 radical (unpaired) electrons. The molecule has 2 bridgehead atoms. The van der Waals surface area contributed by atoms with Crippen LogP contribution in [0.3, 0.4) is 0 Å². The van der Waals surface area contributed by atoms with Crippen LogP contribution in [0.15, 0.2) is 43.0 Å². The van der Waals surface area contributed by atoms with Crippen molar-refractivity contribution in [1.29, 1.82) is 0 Å². The molecule has 3 saturated heterocycles. The van der Waals surface area contributed by atoms with Gasteiger partial charge >= 0.3 is 5.97 Å². The molecule has 8 nitrogen and oxygen atoms in total. The summed E-state index contributed by atoms with van der Waals surface area (Å²) in [5, 5.41) is 20.7. The van der Waals surface area contributed by atoms with E-state index in [9.17, 15) is 24.6 Å². The minimum Gasteiger partial charge on any atom is -0.481 e. The maximum atomic E-state index is 14.2. The van der Waals surface area contributed by atoms with E-state index < -0.39 is 47.0 Å². The SMILES string of the molecule is C=CCN(CCCC)C(=O)C1N([C@@H](CO)Cc2ccccc2)C(=O)[C@@H]2[C@H](C(=O)O)[C@]3(CC)CCC12O3. The number of hydrogen-bond acceptors (Lipinski definition) is 5. The summed E-state index contributed by atoms with van der Waals surface area (Å²) >= 11 is 0. The van der Waals surface area contributed by atoms with Crippen LogP contribution >= 0.6 is 0 Å². The van der Waals surface area contributed by atoms with Gasteiger partial charge in [-0.3, -0.25) is 14.4 Å². The van der Waals surface area contributed by atoms with Crippen LogP contribution in [0.2, 0.25) is 0 Å². The molecule has 2 N–H and O–H groups in total. The maximum absolute atomic E-state index is 14.2. The summed E-state index contributed by atoms with van der Waals surface area (Å²) in [6.07, 6.45) is 5.08. The average molecular weight is 499 g/mol. The van der Waals surface area contributed by atoms with Crippen molar-refractivity contribution >= 4 is 17.8 Å². The Morgan fingerprint density at radius 3 is 2.58 bits per heavy atom. The van der Waals surface area contributed by atoms with Crippen molar-refractivity contribution in [3.8, 4) is 0 Å². The summed E-state index contributed by atoms with van der Waals surface area (Å²) in [4.78, 5) is 44.1. The van der Waals surface area contributed by atoms with Gasteiger partial charge in [0.25, 0.3) is 0 Å². The molecule has 6 atom stereocenters. The van der Waals surface area contributed by atoms with Crippen LogP contribution in [0.1, 0.15) is 51.5 Å². The molecule has 3 aliphatic heterocycles. The van der Waals surface area contributed by atoms with Crippen molar-refractivity contribution in [1.82, 2.24) is 9.80 Å². The van der Waals surface area contributed by atoms with Gasteiger partial charge in [0.1, 0.15) is 17.6 Å². The first-order valence-electron chi connectivity index (χ1n) is 13.1. The van der Waals surface area contributed by atoms with Gasteiger partial charge in [0.15, 0.2) is 0 Å². The van der Waals surface area contributed by atoms with Crippen molar-refractivity contribution in [2.75, 3.05) is 19.7 Å². The zero-order valence-corrected chi connectivity index (χ0v) is 21.3. The lowest BCUT2D eigenvalue weighted by Crippen LogP contribution is -2.59. The fourth-order valence-electron chi connectivity index (χ4n) is 6.81. The molecule has 1 spiro atoms. The topological polar surface area (TPSA) is 107 Å². The average Bonchev–Trinajstić information content (AvgIpc) is 3.49. The summed E-state index contributed by atoms with van der Waals surface area (Å²) in [6.45, 7) is 8.21. The molecular weight excluding hydrogens is 460 g/mol. The molecule has 1 aromatic carbocycles. The second-order valence-electron chi connectivity index (χ2n) is 10.4. The van der Waals surface area contributed by atoms with E-state index >= 15 is 0 Å². The third kappa shape index (κ3) is 4.04. The monoisotopic (exact) mass is 498 g/mol. The van der Waals surface area contributed by atoms with Crippen LogP contribution in [0.25, 0.3) is 0 Å². The fourth-order valence-corrected chi connectivity index (χ4v) is 6.81. The van der Waals surface area contributed by atoms with Gasteiger partial charge in [-0.25, -0.2) is 0 Å². The number of carboxylic acids is 1. The zero-order valence-electron chi connectivity index (χ0n) is 21.3. The van der Waals surface area contributed by atoms with Crippen molar-refractivity contribution in [3.63, 3.8) is 0 Å². The van der Waals surface area contributed by atoms with Gasteiger partial charge in [0, 0.05) is 13.1 Å². The summed E-state index contributed by atoms with van der Waals surface area (Å²) in [6, 6.07) is 7.82. The molecule has 0 saturated carbocycles. The number of nitrogens with zero attached hydrogens (tertiary/aromatic N) is 2. The quantitative estimate of drug-likeness (QED) is 0.429. The molecule has 3 aliphatic rings. The largest absolute Gasteiger partial charge is 0.481 e. The smallest absolute Gasteiger partial charge is 0.310 e. The number of unbranched alkanes of at least 4 members (excludes halogenated alkanes) is 1. The predicted molar refractivity (Wildman–Crippen MR) is 134 cm³/mol. The molecule has 4 rings (SSSR count). The number of carbonyl (C=O) groups is 3. The predicted octanol–water partition coefficient (Wildman–Crippen LogP) is 2.64. The summed E-state index contributed by atoms with van der Waals surface area (Å²) in [5.74, 6) is -3.71. The molecule has 8 heteroatoms. The Balaban J connectivity index is 1.81. The Morgan fingerprint density at radius 2 is 2.00 bits per heavy atom. The second-order valence-corrected chi connectivity index (χ2v) is 10.4. The lowest BCUT2D eigenvalue weighted by atomic mass is 9.65. The second kappa shape index (κ2) is 10.3. The first kappa shape index (κ1) is 26.4. The molecule has 2 unspecified atom stereocenters. The lowest BCUT2D eigenvalue weighted by molar-refractivity contribution is -0.160. The number of aliphatic carboxylic acids is 1. The Labute approximate surface area is 212 Å². The van der Waals surface area contributed by atoms with E-state index in [2.05, 4.69) is 6.58 Å². The highest BCUT2D eigenvalue weighted by atomic mass is 16.5. The summed E-state index contributed by atoms with van der Waals surface area (Å²) in [7, 11) is 0. The maximum Gasteiger partial charge on any atom is 0.310 e. The van der Waals surface area contributed by atoms with E-state index in [0.717, 1.165) is 18.4 Å². The molecule has 3 fully saturated rings. The number of aliphatic hydroxyl groups is 1. The van der Waals surface area contributed by atoms with Crippen LogP contribution in [0, 0.1) is 11.8 Å². The number of amides is 2. The van der Waals surface area contributed by atoms with E-state index in [-0.39, 0.29) is 12.5 Å². The van der Waals surface area contributed by atoms with E-state index in [1.807, 2.05) is 44.2 Å². The Kier molecular flexibility index (Phi) is 7.57. The summed E-state index contributed by atoms with van der Waals surface area (Å²) in [5.41, 5.74) is -1.26. The van der Waals surface area contributed by atoms with Gasteiger partial charge in [-0.15, -0.1) is 6.58 Å². The van der Waals surface area contributed by atoms with Crippen LogP contribution in [0.4, 0.5) is 0 Å². The summed E-state index contributed by atoms with van der Waals surface area (Å²) < 4.78 is 6.61. The Hall–Kier alpha value is -2.71. The van der Waals surface area contributed by atoms with Gasteiger partial charge in [-0.2, -0.15) is 0 Å². The third-order valence-corrected chi connectivity index (χ3v) is 8.48. The van der Waals surface area contributed by atoms with Crippen molar-refractivity contribution < 1.29 is 29.3 Å². The minimum absolute atomic E-state index is 0.261. The molecule has 3 heterocycles. The highest BCUT2D eigenvalue weighted by Crippen LogP contribution is 2.64. The molecule has 36 heavy (non-hydrogen) atoms. The third-order valence-electron chi connectivity index (χ3n) is 8.48. The molecule has 2 amide bonds. The zero-order chi connectivity index (χ0) is 26.1. The Morgan fingerprint density at radius 1 is 1.28 bits per heavy atom. The molecule has 0 aliphatic carbocycles. The number of likely N-dealkylation sites (tertiary alicyclic amines) is 1. The van der Waals surface area contributed by atoms with Gasteiger partial charge in [-0.1, -0.05) is 56.7 Å². The van der Waals surface area contributed by atoms with Crippen LogP contribution in [0.5, 0.6) is 0 Å². The van der Waals surface area contributed by atoms with Crippen LogP contribution in [-0.2, 0) is 25.5 Å². The van der Waals surface area contributed by atoms with E-state index in [4.69, 9.17) is 4.74 Å². The molecule has 196 valence electrons. The number of benzene rings is 1. The molecule has 1 aromatic rings. The molecule has 0 aromatic heterocycles. The van der Waals surface area contributed by atoms with Crippen molar-refractivity contribution in [3.05, 3.63) is 48.6 Å². The number of carboxylic acid groups (broad SMARTS) is 1. The first-order valence-corrected chi connectivity index (χ1v) is 13.1. The number of hydrogen-bond donors (Lipinski definition) is 2. The number of ether oxygens (including phenoxy) is 1. The minimum atomic E-state index is -1.22. The van der Waals surface area contributed by atoms with Gasteiger partial charge in [0.2, 0.25) is 11.8 Å². The standard InChI is InChI=1S/C28H38N2O6/c1-4-7-16-29(15-5-2)25(33)23-28-14-13-27(6-3,36-28)22(26(34)35)21(28)24(32)30(23)20(18-31)17-19-11-9-8-10-12-19/h5,8-12,20-23,31H,2,4,6-7,13-18H2,1,3H3,(H,34,35)/t20-,21+,22-,23?,27+,28?/m1/s1. The number of rotatable bonds is 12. The van der Waals surface area contributed by atoms with Gasteiger partial charge in [0.05, 0.1) is 24.2 Å². The van der Waals surface area contributed by atoms with Crippen LogP contribution in [-0.4, -0.2) is 80.8 Å². The number of carbonyl (C=O) groups excluding carboxylic acids is 2. The lowest BCUT2D eigenvalue weighted by Gasteiger charge is -2.39. The van der Waals surface area contributed by atoms with Crippen LogP contribution < -0.4 is 0 Å². The number of fused-ring (bicyclic) bond motifs is 1.